The van der Waals surface area contributed by atoms with Crippen LogP contribution in [0.15, 0.2) is 18.2 Å². The number of hydrogen-bond donors (Lipinski definition) is 4. The van der Waals surface area contributed by atoms with Crippen molar-refractivity contribution in [3.05, 3.63) is 29.3 Å². The molecule has 0 spiro atoms. The van der Waals surface area contributed by atoms with Crippen molar-refractivity contribution in [1.29, 1.82) is 0 Å². The summed E-state index contributed by atoms with van der Waals surface area (Å²) in [6.45, 7) is 4.05. The Labute approximate surface area is 192 Å². The number of hydrogen-bond acceptors (Lipinski definition) is 8. The normalized spacial score (nSPS) is 17.8. The number of benzene rings is 1. The number of ether oxygens (including phenoxy) is 2. The van der Waals surface area contributed by atoms with E-state index in [4.69, 9.17) is 15.2 Å². The molecule has 3 rings (SSSR count). The molecule has 2 aliphatic heterocycles. The number of fused-ring (bicyclic) bond motifs is 1. The van der Waals surface area contributed by atoms with Crippen LogP contribution in [0, 0.1) is 0 Å². The van der Waals surface area contributed by atoms with Gasteiger partial charge in [-0.25, -0.2) is 0 Å². The topological polar surface area (TPSA) is 152 Å². The highest BCUT2D eigenvalue weighted by molar-refractivity contribution is 6.05. The number of nitrogens with one attached hydrogen (secondary N) is 3. The van der Waals surface area contributed by atoms with E-state index >= 15 is 0 Å². The number of imide groups is 1. The Hall–Kier alpha value is -2.86. The van der Waals surface area contributed by atoms with Crippen LogP contribution in [-0.2, 0) is 30.4 Å². The molecule has 1 atom stereocenters. The van der Waals surface area contributed by atoms with Crippen LogP contribution in [-0.4, -0.2) is 80.6 Å². The van der Waals surface area contributed by atoms with Gasteiger partial charge in [0.25, 0.3) is 5.91 Å². The monoisotopic (exact) mass is 461 g/mol. The Bertz CT molecular complexity index is 877. The zero-order valence-electron chi connectivity index (χ0n) is 18.6. The SMILES string of the molecule is NCCNCCOCCOCCC(=O)Nc1ccc2c(c1)CN(C1CCC(=O)NC1=O)C2=O. The van der Waals surface area contributed by atoms with E-state index in [1.54, 1.807) is 18.2 Å². The number of piperidine rings is 1. The summed E-state index contributed by atoms with van der Waals surface area (Å²) in [4.78, 5) is 49.9. The Morgan fingerprint density at radius 3 is 2.67 bits per heavy atom. The van der Waals surface area contributed by atoms with E-state index < -0.39 is 11.9 Å². The third kappa shape index (κ3) is 7.06. The molecule has 1 unspecified atom stereocenters. The van der Waals surface area contributed by atoms with Crippen LogP contribution in [0.2, 0.25) is 0 Å². The lowest BCUT2D eigenvalue weighted by atomic mass is 10.0. The first kappa shape index (κ1) is 24.8. The second kappa shape index (κ2) is 12.4. The number of amides is 4. The van der Waals surface area contributed by atoms with Gasteiger partial charge in [0, 0.05) is 43.9 Å². The lowest BCUT2D eigenvalue weighted by Gasteiger charge is -2.29. The molecule has 11 heteroatoms. The highest BCUT2D eigenvalue weighted by Gasteiger charge is 2.39. The van der Waals surface area contributed by atoms with Gasteiger partial charge in [-0.3, -0.25) is 24.5 Å². The Balaban J connectivity index is 1.38. The van der Waals surface area contributed by atoms with Crippen LogP contribution < -0.4 is 21.7 Å². The van der Waals surface area contributed by atoms with E-state index in [2.05, 4.69) is 16.0 Å². The largest absolute Gasteiger partial charge is 0.379 e. The van der Waals surface area contributed by atoms with Gasteiger partial charge < -0.3 is 30.7 Å². The molecule has 33 heavy (non-hydrogen) atoms. The minimum absolute atomic E-state index is 0.191. The van der Waals surface area contributed by atoms with Crippen LogP contribution >= 0.6 is 0 Å². The number of carbonyl (C=O) groups is 4. The summed E-state index contributed by atoms with van der Waals surface area (Å²) >= 11 is 0. The first-order chi connectivity index (χ1) is 16.0. The first-order valence-corrected chi connectivity index (χ1v) is 11.1. The maximum Gasteiger partial charge on any atom is 0.255 e. The van der Waals surface area contributed by atoms with Crippen molar-refractivity contribution in [2.24, 2.45) is 5.73 Å². The fraction of sp³-hybridized carbons (Fsp3) is 0.545. The molecule has 0 aliphatic carbocycles. The van der Waals surface area contributed by atoms with Gasteiger partial charge in [0.2, 0.25) is 17.7 Å². The molecule has 0 bridgehead atoms. The average Bonchev–Trinajstić information content (AvgIpc) is 3.10. The molecular formula is C22H31N5O6. The van der Waals surface area contributed by atoms with Crippen molar-refractivity contribution in [2.75, 3.05) is 51.4 Å². The van der Waals surface area contributed by atoms with Gasteiger partial charge in [0.05, 0.1) is 32.8 Å². The van der Waals surface area contributed by atoms with Crippen LogP contribution in [0.3, 0.4) is 0 Å². The summed E-state index contributed by atoms with van der Waals surface area (Å²) in [6.07, 6.45) is 0.707. The second-order valence-electron chi connectivity index (χ2n) is 7.83. The Morgan fingerprint density at radius 1 is 1.12 bits per heavy atom. The lowest BCUT2D eigenvalue weighted by Crippen LogP contribution is -2.52. The molecule has 0 aromatic heterocycles. The fourth-order valence-electron chi connectivity index (χ4n) is 3.73. The summed E-state index contributed by atoms with van der Waals surface area (Å²) in [6, 6.07) is 4.39. The summed E-state index contributed by atoms with van der Waals surface area (Å²) in [5.74, 6) is -1.22. The first-order valence-electron chi connectivity index (χ1n) is 11.1. The van der Waals surface area contributed by atoms with Crippen LogP contribution in [0.25, 0.3) is 0 Å². The second-order valence-corrected chi connectivity index (χ2v) is 7.83. The van der Waals surface area contributed by atoms with Crippen LogP contribution in [0.5, 0.6) is 0 Å². The van der Waals surface area contributed by atoms with E-state index in [9.17, 15) is 19.2 Å². The molecule has 0 radical (unpaired) electrons. The van der Waals surface area contributed by atoms with E-state index in [0.29, 0.717) is 44.0 Å². The van der Waals surface area contributed by atoms with E-state index in [1.807, 2.05) is 0 Å². The average molecular weight is 462 g/mol. The standard InChI is InChI=1S/C22H31N5O6/c23-6-7-24-8-10-33-12-11-32-9-5-20(29)25-16-1-2-17-15(13-16)14-27(22(17)31)18-3-4-19(28)26-21(18)30/h1-2,13,18,24H,3-12,14,23H2,(H,25,29)(H,26,28,30). The number of nitrogens with two attached hydrogens (primary N) is 1. The molecule has 1 aromatic carbocycles. The summed E-state index contributed by atoms with van der Waals surface area (Å²) in [7, 11) is 0. The molecule has 1 saturated heterocycles. The van der Waals surface area contributed by atoms with Crippen molar-refractivity contribution < 1.29 is 28.7 Å². The minimum atomic E-state index is -0.663. The number of nitrogens with zero attached hydrogens (tertiary/aromatic N) is 1. The smallest absolute Gasteiger partial charge is 0.255 e. The van der Waals surface area contributed by atoms with Crippen molar-refractivity contribution in [3.8, 4) is 0 Å². The van der Waals surface area contributed by atoms with Gasteiger partial charge in [0.1, 0.15) is 6.04 Å². The predicted octanol–water partition coefficient (Wildman–Crippen LogP) is -0.642. The minimum Gasteiger partial charge on any atom is -0.379 e. The van der Waals surface area contributed by atoms with Crippen molar-refractivity contribution >= 4 is 29.3 Å². The number of carbonyl (C=O) groups excluding carboxylic acids is 4. The van der Waals surface area contributed by atoms with Crippen LogP contribution in [0.1, 0.15) is 35.2 Å². The maximum absolute atomic E-state index is 12.7. The van der Waals surface area contributed by atoms with Crippen molar-refractivity contribution in [1.82, 2.24) is 15.5 Å². The zero-order chi connectivity index (χ0) is 23.6. The highest BCUT2D eigenvalue weighted by Crippen LogP contribution is 2.29. The maximum atomic E-state index is 12.7. The summed E-state index contributed by atoms with van der Waals surface area (Å²) < 4.78 is 10.8. The van der Waals surface area contributed by atoms with Crippen molar-refractivity contribution in [2.45, 2.75) is 31.8 Å². The quantitative estimate of drug-likeness (QED) is 0.224. The third-order valence-electron chi connectivity index (χ3n) is 5.40. The Morgan fingerprint density at radius 2 is 1.91 bits per heavy atom. The molecule has 1 fully saturated rings. The van der Waals surface area contributed by atoms with Crippen LogP contribution in [0.4, 0.5) is 5.69 Å². The van der Waals surface area contributed by atoms with E-state index in [-0.39, 0.29) is 43.7 Å². The van der Waals surface area contributed by atoms with Gasteiger partial charge >= 0.3 is 0 Å². The molecule has 0 saturated carbocycles. The lowest BCUT2D eigenvalue weighted by molar-refractivity contribution is -0.137. The van der Waals surface area contributed by atoms with Gasteiger partial charge in [-0.1, -0.05) is 0 Å². The molecule has 1 aromatic rings. The van der Waals surface area contributed by atoms with Gasteiger partial charge in [-0.05, 0) is 30.2 Å². The molecular weight excluding hydrogens is 430 g/mol. The number of rotatable bonds is 13. The fourth-order valence-corrected chi connectivity index (χ4v) is 3.73. The summed E-state index contributed by atoms with van der Waals surface area (Å²) in [5, 5.41) is 8.21. The molecule has 180 valence electrons. The number of anilines is 1. The van der Waals surface area contributed by atoms with E-state index in [0.717, 1.165) is 18.7 Å². The van der Waals surface area contributed by atoms with Gasteiger partial charge in [-0.15, -0.1) is 0 Å². The predicted molar refractivity (Wildman–Crippen MR) is 119 cm³/mol. The molecule has 11 nitrogen and oxygen atoms in total. The van der Waals surface area contributed by atoms with E-state index in [1.165, 1.54) is 4.90 Å². The van der Waals surface area contributed by atoms with Crippen molar-refractivity contribution in [3.63, 3.8) is 0 Å². The molecule has 5 N–H and O–H groups in total. The Kier molecular flexibility index (Phi) is 9.31. The molecule has 4 amide bonds. The van der Waals surface area contributed by atoms with Gasteiger partial charge in [-0.2, -0.15) is 0 Å². The zero-order valence-corrected chi connectivity index (χ0v) is 18.6. The molecule has 2 aliphatic rings. The third-order valence-corrected chi connectivity index (χ3v) is 5.40. The van der Waals surface area contributed by atoms with Gasteiger partial charge in [0.15, 0.2) is 0 Å². The molecule has 2 heterocycles. The highest BCUT2D eigenvalue weighted by atomic mass is 16.5. The summed E-state index contributed by atoms with van der Waals surface area (Å²) in [5.41, 5.74) is 7.18.